The van der Waals surface area contributed by atoms with E-state index in [1.807, 2.05) is 30.3 Å². The predicted molar refractivity (Wildman–Crippen MR) is 90.3 cm³/mol. The average molecular weight is 320 g/mol. The van der Waals surface area contributed by atoms with Crippen LogP contribution < -0.4 is 9.47 Å². The largest absolute Gasteiger partial charge is 0.508 e. The Morgan fingerprint density at radius 2 is 1.42 bits per heavy atom. The molecule has 0 aromatic heterocycles. The highest BCUT2D eigenvalue weighted by molar-refractivity contribution is 5.91. The summed E-state index contributed by atoms with van der Waals surface area (Å²) in [4.78, 5) is 12.1. The molecular formula is C20H16O4. The van der Waals surface area contributed by atoms with Crippen molar-refractivity contribution in [2.75, 3.05) is 0 Å². The van der Waals surface area contributed by atoms with Crippen LogP contribution in [0.4, 0.5) is 0 Å². The first-order valence-corrected chi connectivity index (χ1v) is 7.49. The molecule has 4 heteroatoms. The molecule has 0 amide bonds. The number of aromatic hydroxyl groups is 1. The van der Waals surface area contributed by atoms with Crippen LogP contribution >= 0.6 is 0 Å². The van der Waals surface area contributed by atoms with Gasteiger partial charge in [-0.15, -0.1) is 0 Å². The molecule has 3 aromatic carbocycles. The number of carbonyl (C=O) groups excluding carboxylic acids is 1. The van der Waals surface area contributed by atoms with E-state index in [1.54, 1.807) is 24.3 Å². The number of esters is 1. The molecule has 0 fully saturated rings. The van der Waals surface area contributed by atoms with Crippen molar-refractivity contribution in [1.29, 1.82) is 0 Å². The van der Waals surface area contributed by atoms with E-state index in [1.165, 1.54) is 24.3 Å². The summed E-state index contributed by atoms with van der Waals surface area (Å²) in [5.41, 5.74) is 1.50. The van der Waals surface area contributed by atoms with Gasteiger partial charge in [-0.1, -0.05) is 30.3 Å². The van der Waals surface area contributed by atoms with E-state index >= 15 is 0 Å². The molecule has 0 spiro atoms. The Morgan fingerprint density at radius 1 is 0.792 bits per heavy atom. The fourth-order valence-corrected chi connectivity index (χ4v) is 2.11. The van der Waals surface area contributed by atoms with E-state index in [2.05, 4.69) is 0 Å². The van der Waals surface area contributed by atoms with E-state index in [0.717, 1.165) is 5.56 Å². The molecule has 1 N–H and O–H groups in total. The molecule has 0 aliphatic carbocycles. The molecule has 0 saturated carbocycles. The Morgan fingerprint density at radius 3 is 2.08 bits per heavy atom. The van der Waals surface area contributed by atoms with E-state index < -0.39 is 5.97 Å². The molecule has 0 aliphatic rings. The lowest BCUT2D eigenvalue weighted by Gasteiger charge is -2.08. The third-order valence-electron chi connectivity index (χ3n) is 3.39. The van der Waals surface area contributed by atoms with Gasteiger partial charge in [-0.05, 0) is 54.1 Å². The Bertz CT molecular complexity index is 793. The Hall–Kier alpha value is -3.27. The first kappa shape index (κ1) is 15.6. The van der Waals surface area contributed by atoms with Crippen molar-refractivity contribution in [3.63, 3.8) is 0 Å². The number of phenolic OH excluding ortho intramolecular Hbond substituents is 1. The molecule has 24 heavy (non-hydrogen) atoms. The van der Waals surface area contributed by atoms with Crippen LogP contribution in [0.5, 0.6) is 17.2 Å². The highest BCUT2D eigenvalue weighted by Crippen LogP contribution is 2.19. The van der Waals surface area contributed by atoms with Crippen molar-refractivity contribution in [1.82, 2.24) is 0 Å². The summed E-state index contributed by atoms with van der Waals surface area (Å²) < 4.78 is 10.9. The van der Waals surface area contributed by atoms with Crippen molar-refractivity contribution >= 4 is 5.97 Å². The van der Waals surface area contributed by atoms with Crippen LogP contribution in [-0.4, -0.2) is 11.1 Å². The first-order valence-electron chi connectivity index (χ1n) is 7.49. The highest BCUT2D eigenvalue weighted by atomic mass is 16.5. The minimum absolute atomic E-state index is 0.120. The van der Waals surface area contributed by atoms with Gasteiger partial charge < -0.3 is 14.6 Å². The number of hydrogen-bond acceptors (Lipinski definition) is 4. The van der Waals surface area contributed by atoms with Crippen molar-refractivity contribution in [2.45, 2.75) is 6.61 Å². The van der Waals surface area contributed by atoms with E-state index in [0.29, 0.717) is 23.7 Å². The number of ether oxygens (including phenoxy) is 2. The van der Waals surface area contributed by atoms with Gasteiger partial charge in [-0.2, -0.15) is 0 Å². The van der Waals surface area contributed by atoms with Crippen LogP contribution in [0.15, 0.2) is 78.9 Å². The number of carbonyl (C=O) groups is 1. The summed E-state index contributed by atoms with van der Waals surface area (Å²) in [6.45, 7) is 0.470. The van der Waals surface area contributed by atoms with Crippen LogP contribution in [0.2, 0.25) is 0 Å². The maximum Gasteiger partial charge on any atom is 0.343 e. The minimum atomic E-state index is -0.463. The highest BCUT2D eigenvalue weighted by Gasteiger charge is 2.09. The molecule has 120 valence electrons. The first-order chi connectivity index (χ1) is 11.7. The topological polar surface area (TPSA) is 55.8 Å². The number of hydrogen-bond donors (Lipinski definition) is 1. The summed E-state index contributed by atoms with van der Waals surface area (Å²) >= 11 is 0. The van der Waals surface area contributed by atoms with Crippen LogP contribution in [0.25, 0.3) is 0 Å². The quantitative estimate of drug-likeness (QED) is 0.566. The third kappa shape index (κ3) is 4.14. The zero-order chi connectivity index (χ0) is 16.8. The van der Waals surface area contributed by atoms with Crippen LogP contribution in [0.1, 0.15) is 15.9 Å². The maximum atomic E-state index is 12.1. The van der Waals surface area contributed by atoms with Crippen LogP contribution in [0, 0.1) is 0 Å². The van der Waals surface area contributed by atoms with Gasteiger partial charge in [0.2, 0.25) is 0 Å². The SMILES string of the molecule is O=C(Oc1ccc(O)cc1)c1ccc(OCc2ccccc2)cc1. The maximum absolute atomic E-state index is 12.1. The number of rotatable bonds is 5. The fraction of sp³-hybridized carbons (Fsp3) is 0.0500. The molecule has 3 rings (SSSR count). The lowest BCUT2D eigenvalue weighted by Crippen LogP contribution is -2.08. The van der Waals surface area contributed by atoms with E-state index in [-0.39, 0.29) is 5.75 Å². The molecule has 0 saturated heterocycles. The monoisotopic (exact) mass is 320 g/mol. The standard InChI is InChI=1S/C20H16O4/c21-17-8-12-19(13-9-17)24-20(22)16-6-10-18(11-7-16)23-14-15-4-2-1-3-5-15/h1-13,21H,14H2. The fourth-order valence-electron chi connectivity index (χ4n) is 2.11. The summed E-state index contributed by atoms with van der Waals surface area (Å²) in [5.74, 6) is 0.715. The van der Waals surface area contributed by atoms with Gasteiger partial charge in [0, 0.05) is 0 Å². The van der Waals surface area contributed by atoms with Crippen molar-refractivity contribution in [2.24, 2.45) is 0 Å². The van der Waals surface area contributed by atoms with Gasteiger partial charge in [-0.25, -0.2) is 4.79 Å². The van der Waals surface area contributed by atoms with Gasteiger partial charge in [0.05, 0.1) is 5.56 Å². The average Bonchev–Trinajstić information content (AvgIpc) is 2.63. The van der Waals surface area contributed by atoms with Crippen LogP contribution in [0.3, 0.4) is 0 Å². The molecular weight excluding hydrogens is 304 g/mol. The van der Waals surface area contributed by atoms with Gasteiger partial charge in [0.25, 0.3) is 0 Å². The Balaban J connectivity index is 1.59. The van der Waals surface area contributed by atoms with Gasteiger partial charge >= 0.3 is 5.97 Å². The predicted octanol–water partition coefficient (Wildman–Crippen LogP) is 4.19. The van der Waals surface area contributed by atoms with Gasteiger partial charge in [0.1, 0.15) is 23.9 Å². The number of phenols is 1. The van der Waals surface area contributed by atoms with Crippen molar-refractivity contribution < 1.29 is 19.4 Å². The second-order valence-corrected chi connectivity index (χ2v) is 5.18. The minimum Gasteiger partial charge on any atom is -0.508 e. The lowest BCUT2D eigenvalue weighted by atomic mass is 10.2. The van der Waals surface area contributed by atoms with E-state index in [4.69, 9.17) is 9.47 Å². The summed E-state index contributed by atoms with van der Waals surface area (Å²) in [7, 11) is 0. The van der Waals surface area contributed by atoms with Gasteiger partial charge in [0.15, 0.2) is 0 Å². The lowest BCUT2D eigenvalue weighted by molar-refractivity contribution is 0.0734. The third-order valence-corrected chi connectivity index (χ3v) is 3.39. The molecule has 3 aromatic rings. The number of benzene rings is 3. The van der Waals surface area contributed by atoms with Gasteiger partial charge in [-0.3, -0.25) is 0 Å². The van der Waals surface area contributed by atoms with Crippen LogP contribution in [-0.2, 0) is 6.61 Å². The molecule has 0 atom stereocenters. The zero-order valence-corrected chi connectivity index (χ0v) is 12.9. The summed E-state index contributed by atoms with van der Waals surface area (Å²) in [5, 5.41) is 9.22. The van der Waals surface area contributed by atoms with Crippen molar-refractivity contribution in [3.05, 3.63) is 90.0 Å². The Labute approximate surface area is 139 Å². The zero-order valence-electron chi connectivity index (χ0n) is 12.9. The van der Waals surface area contributed by atoms with E-state index in [9.17, 15) is 9.90 Å². The second kappa shape index (κ2) is 7.33. The molecule has 4 nitrogen and oxygen atoms in total. The smallest absolute Gasteiger partial charge is 0.343 e. The normalized spacial score (nSPS) is 10.2. The second-order valence-electron chi connectivity index (χ2n) is 5.18. The molecule has 0 unspecified atom stereocenters. The van der Waals surface area contributed by atoms with Crippen molar-refractivity contribution in [3.8, 4) is 17.2 Å². The summed E-state index contributed by atoms with van der Waals surface area (Å²) in [6, 6.07) is 22.6. The molecule has 0 radical (unpaired) electrons. The molecule has 0 bridgehead atoms. The molecule has 0 aliphatic heterocycles. The molecule has 0 heterocycles. The Kier molecular flexibility index (Phi) is 4.77. The summed E-state index contributed by atoms with van der Waals surface area (Å²) in [6.07, 6.45) is 0.